The maximum atomic E-state index is 11.7. The fourth-order valence-electron chi connectivity index (χ4n) is 1.42. The zero-order valence-electron chi connectivity index (χ0n) is 10.4. The zero-order chi connectivity index (χ0) is 14.5. The van der Waals surface area contributed by atoms with Crippen molar-refractivity contribution in [2.45, 2.75) is 31.1 Å². The van der Waals surface area contributed by atoms with Gasteiger partial charge in [-0.3, -0.25) is 0 Å². The van der Waals surface area contributed by atoms with Crippen LogP contribution in [-0.4, -0.2) is 21.0 Å². The first-order chi connectivity index (χ1) is 8.84. The highest BCUT2D eigenvalue weighted by Crippen LogP contribution is 2.22. The van der Waals surface area contributed by atoms with Crippen molar-refractivity contribution in [3.63, 3.8) is 0 Å². The molecule has 0 heterocycles. The Hall–Kier alpha value is -0.780. The topological polar surface area (TPSA) is 60.4 Å². The van der Waals surface area contributed by atoms with Gasteiger partial charge in [-0.2, -0.15) is 0 Å². The third-order valence-corrected chi connectivity index (χ3v) is 3.92. The van der Waals surface area contributed by atoms with Crippen LogP contribution in [0.15, 0.2) is 23.1 Å². The van der Waals surface area contributed by atoms with Crippen molar-refractivity contribution >= 4 is 37.3 Å². The minimum absolute atomic E-state index is 0.0724. The van der Waals surface area contributed by atoms with Gasteiger partial charge in [0.05, 0.1) is 17.1 Å². The molecule has 4 nitrogen and oxygen atoms in total. The molecular formula is C12H14Cl2O4S. The van der Waals surface area contributed by atoms with Gasteiger partial charge in [-0.25, -0.2) is 13.2 Å². The molecule has 0 aromatic heterocycles. The number of halogens is 2. The summed E-state index contributed by atoms with van der Waals surface area (Å²) in [5.74, 6) is -0.611. The number of unbranched alkanes of at least 4 members (excludes halogenated alkanes) is 2. The van der Waals surface area contributed by atoms with Crippen molar-refractivity contribution in [3.8, 4) is 0 Å². The quantitative estimate of drug-likeness (QED) is 0.455. The Balaban J connectivity index is 2.83. The molecule has 0 N–H and O–H groups in total. The minimum Gasteiger partial charge on any atom is -0.462 e. The van der Waals surface area contributed by atoms with Crippen LogP contribution >= 0.6 is 22.3 Å². The number of hydrogen-bond donors (Lipinski definition) is 0. The van der Waals surface area contributed by atoms with Crippen LogP contribution in [0.3, 0.4) is 0 Å². The first kappa shape index (κ1) is 16.3. The standard InChI is InChI=1S/C12H14Cl2O4S/c1-2-3-4-5-18-12(15)9-6-10(13)8-11(7-9)19(14,16)17/h6-8H,2-5H2,1H3. The highest BCUT2D eigenvalue weighted by atomic mass is 35.7. The first-order valence-electron chi connectivity index (χ1n) is 5.77. The zero-order valence-corrected chi connectivity index (χ0v) is 12.7. The molecule has 0 saturated heterocycles. The second-order valence-corrected chi connectivity index (χ2v) is 6.96. The molecule has 0 bridgehead atoms. The molecule has 0 spiro atoms. The molecule has 106 valence electrons. The summed E-state index contributed by atoms with van der Waals surface area (Å²) >= 11 is 5.75. The van der Waals surface area contributed by atoms with Gasteiger partial charge in [0.1, 0.15) is 0 Å². The van der Waals surface area contributed by atoms with Crippen molar-refractivity contribution in [2.75, 3.05) is 6.61 Å². The molecule has 1 aromatic rings. The molecule has 0 atom stereocenters. The predicted octanol–water partition coefficient (Wildman–Crippen LogP) is 3.61. The van der Waals surface area contributed by atoms with Crippen LogP contribution in [0.5, 0.6) is 0 Å². The molecule has 0 aliphatic rings. The maximum absolute atomic E-state index is 11.7. The van der Waals surface area contributed by atoms with Crippen LogP contribution in [0.2, 0.25) is 5.02 Å². The van der Waals surface area contributed by atoms with E-state index in [1.807, 2.05) is 6.92 Å². The molecule has 0 unspecified atom stereocenters. The van der Waals surface area contributed by atoms with Crippen molar-refractivity contribution in [2.24, 2.45) is 0 Å². The maximum Gasteiger partial charge on any atom is 0.338 e. The largest absolute Gasteiger partial charge is 0.462 e. The van der Waals surface area contributed by atoms with Crippen molar-refractivity contribution in [3.05, 3.63) is 28.8 Å². The highest BCUT2D eigenvalue weighted by molar-refractivity contribution is 8.13. The predicted molar refractivity (Wildman–Crippen MR) is 74.3 cm³/mol. The molecule has 7 heteroatoms. The highest BCUT2D eigenvalue weighted by Gasteiger charge is 2.16. The second-order valence-electron chi connectivity index (χ2n) is 3.96. The third kappa shape index (κ3) is 5.38. The number of carbonyl (C=O) groups is 1. The van der Waals surface area contributed by atoms with E-state index in [9.17, 15) is 13.2 Å². The third-order valence-electron chi connectivity index (χ3n) is 2.37. The first-order valence-corrected chi connectivity index (χ1v) is 8.45. The summed E-state index contributed by atoms with van der Waals surface area (Å²) in [4.78, 5) is 11.5. The van der Waals surface area contributed by atoms with Crippen molar-refractivity contribution in [1.82, 2.24) is 0 Å². The fraction of sp³-hybridized carbons (Fsp3) is 0.417. The van der Waals surface area contributed by atoms with E-state index < -0.39 is 15.0 Å². The number of esters is 1. The van der Waals surface area contributed by atoms with Crippen LogP contribution in [0.4, 0.5) is 0 Å². The summed E-state index contributed by atoms with van der Waals surface area (Å²) in [6, 6.07) is 3.67. The summed E-state index contributed by atoms with van der Waals surface area (Å²) in [7, 11) is 1.28. The van der Waals surface area contributed by atoms with Crippen LogP contribution in [-0.2, 0) is 13.8 Å². The van der Waals surface area contributed by atoms with Gasteiger partial charge in [-0.1, -0.05) is 31.4 Å². The molecule has 1 rings (SSSR count). The minimum atomic E-state index is -3.93. The molecule has 1 aromatic carbocycles. The van der Waals surface area contributed by atoms with E-state index in [0.29, 0.717) is 6.61 Å². The summed E-state index contributed by atoms with van der Waals surface area (Å²) in [6.07, 6.45) is 2.75. The molecule has 19 heavy (non-hydrogen) atoms. The van der Waals surface area contributed by atoms with Crippen LogP contribution < -0.4 is 0 Å². The van der Waals surface area contributed by atoms with Gasteiger partial charge in [0.2, 0.25) is 0 Å². The Morgan fingerprint density at radius 3 is 2.53 bits per heavy atom. The monoisotopic (exact) mass is 324 g/mol. The van der Waals surface area contributed by atoms with Gasteiger partial charge in [-0.15, -0.1) is 0 Å². The lowest BCUT2D eigenvalue weighted by atomic mass is 10.2. The summed E-state index contributed by atoms with van der Waals surface area (Å²) in [5, 5.41) is 0.113. The molecule has 0 radical (unpaired) electrons. The second kappa shape index (κ2) is 7.12. The Bertz CT molecular complexity index is 555. The number of ether oxygens (including phenoxy) is 1. The fourth-order valence-corrected chi connectivity index (χ4v) is 2.52. The van der Waals surface area contributed by atoms with E-state index in [2.05, 4.69) is 0 Å². The van der Waals surface area contributed by atoms with Crippen molar-refractivity contribution in [1.29, 1.82) is 0 Å². The van der Waals surface area contributed by atoms with Gasteiger partial charge >= 0.3 is 5.97 Å². The van der Waals surface area contributed by atoms with E-state index in [0.717, 1.165) is 25.3 Å². The lowest BCUT2D eigenvalue weighted by Crippen LogP contribution is -2.07. The van der Waals surface area contributed by atoms with Gasteiger partial charge in [0, 0.05) is 15.7 Å². The average molecular weight is 325 g/mol. The van der Waals surface area contributed by atoms with Gasteiger partial charge < -0.3 is 4.74 Å². The van der Waals surface area contributed by atoms with Gasteiger partial charge in [-0.05, 0) is 24.6 Å². The summed E-state index contributed by atoms with van der Waals surface area (Å²) in [6.45, 7) is 2.33. The van der Waals surface area contributed by atoms with E-state index in [4.69, 9.17) is 27.0 Å². The molecular weight excluding hydrogens is 311 g/mol. The lowest BCUT2D eigenvalue weighted by Gasteiger charge is -2.06. The average Bonchev–Trinajstić information content (AvgIpc) is 2.32. The van der Waals surface area contributed by atoms with Crippen LogP contribution in [0, 0.1) is 0 Å². The summed E-state index contributed by atoms with van der Waals surface area (Å²) < 4.78 is 27.4. The number of benzene rings is 1. The SMILES string of the molecule is CCCCCOC(=O)c1cc(Cl)cc(S(=O)(=O)Cl)c1. The van der Waals surface area contributed by atoms with Crippen LogP contribution in [0.1, 0.15) is 36.5 Å². The number of hydrogen-bond acceptors (Lipinski definition) is 4. The number of rotatable bonds is 6. The van der Waals surface area contributed by atoms with E-state index in [-0.39, 0.29) is 15.5 Å². The Kier molecular flexibility index (Phi) is 6.10. The van der Waals surface area contributed by atoms with Gasteiger partial charge in [0.15, 0.2) is 0 Å². The number of carbonyl (C=O) groups excluding carboxylic acids is 1. The summed E-state index contributed by atoms with van der Waals surface area (Å²) in [5.41, 5.74) is 0.0724. The van der Waals surface area contributed by atoms with E-state index in [1.165, 1.54) is 12.1 Å². The van der Waals surface area contributed by atoms with Crippen LogP contribution in [0.25, 0.3) is 0 Å². The van der Waals surface area contributed by atoms with Crippen molar-refractivity contribution < 1.29 is 17.9 Å². The Morgan fingerprint density at radius 2 is 1.95 bits per heavy atom. The molecule has 0 aliphatic heterocycles. The van der Waals surface area contributed by atoms with E-state index >= 15 is 0 Å². The lowest BCUT2D eigenvalue weighted by molar-refractivity contribution is 0.0498. The normalized spacial score (nSPS) is 11.3. The molecule has 0 fully saturated rings. The molecule has 0 saturated carbocycles. The van der Waals surface area contributed by atoms with Gasteiger partial charge in [0.25, 0.3) is 9.05 Å². The molecule has 0 amide bonds. The van der Waals surface area contributed by atoms with E-state index in [1.54, 1.807) is 0 Å². The smallest absolute Gasteiger partial charge is 0.338 e. The Morgan fingerprint density at radius 1 is 1.26 bits per heavy atom. The Labute approximate surface area is 122 Å². The molecule has 0 aliphatic carbocycles.